The lowest BCUT2D eigenvalue weighted by molar-refractivity contribution is -0.120. The number of methoxy groups -OCH3 is 1. The number of amides is 1. The number of nitrogens with zero attached hydrogens (tertiary/aromatic N) is 1. The van der Waals surface area contributed by atoms with Crippen molar-refractivity contribution in [3.05, 3.63) is 76.6 Å². The lowest BCUT2D eigenvalue weighted by Crippen LogP contribution is -2.44. The molecule has 0 spiro atoms. The first-order valence-corrected chi connectivity index (χ1v) is 14.4. The molecule has 216 valence electrons. The number of carbonyl (C=O) groups excluding carboxylic acids is 3. The summed E-state index contributed by atoms with van der Waals surface area (Å²) in [5, 5.41) is 2.82. The third-order valence-corrected chi connectivity index (χ3v) is 8.27. The van der Waals surface area contributed by atoms with Gasteiger partial charge in [-0.25, -0.2) is 0 Å². The first kappa shape index (κ1) is 28.7. The highest BCUT2D eigenvalue weighted by Gasteiger charge is 2.48. The van der Waals surface area contributed by atoms with E-state index < -0.39 is 5.92 Å². The van der Waals surface area contributed by atoms with E-state index in [1.807, 2.05) is 18.2 Å². The average Bonchev–Trinajstić information content (AvgIpc) is 2.90. The zero-order valence-electron chi connectivity index (χ0n) is 24.9. The van der Waals surface area contributed by atoms with Gasteiger partial charge < -0.3 is 19.7 Å². The highest BCUT2D eigenvalue weighted by atomic mass is 16.5. The van der Waals surface area contributed by atoms with Crippen molar-refractivity contribution >= 4 is 23.2 Å². The number of benzene rings is 2. The van der Waals surface area contributed by atoms with E-state index in [2.05, 4.69) is 44.8 Å². The fourth-order valence-corrected chi connectivity index (χ4v) is 6.57. The van der Waals surface area contributed by atoms with Gasteiger partial charge in [0.25, 0.3) is 5.91 Å². The molecular weight excluding hydrogens is 516 g/mol. The molecule has 0 atom stereocenters. The molecule has 0 fully saturated rings. The second-order valence-corrected chi connectivity index (χ2v) is 12.9. The normalized spacial score (nSPS) is 20.0. The second kappa shape index (κ2) is 10.8. The monoisotopic (exact) mass is 556 g/mol. The minimum Gasteiger partial charge on any atom is -0.497 e. The van der Waals surface area contributed by atoms with Gasteiger partial charge in [-0.15, -0.1) is 0 Å². The van der Waals surface area contributed by atoms with Crippen molar-refractivity contribution < 1.29 is 23.9 Å². The summed E-state index contributed by atoms with van der Waals surface area (Å²) in [6.07, 6.45) is 2.46. The van der Waals surface area contributed by atoms with Crippen molar-refractivity contribution in [2.24, 2.45) is 10.8 Å². The number of ether oxygens (including phenoxy) is 2. The Kier molecular flexibility index (Phi) is 7.58. The Labute approximate surface area is 242 Å². The maximum Gasteiger partial charge on any atom is 0.262 e. The zero-order chi connectivity index (χ0) is 29.5. The number of hydrogen-bond acceptors (Lipinski definition) is 6. The summed E-state index contributed by atoms with van der Waals surface area (Å²) in [7, 11) is 1.59. The predicted molar refractivity (Wildman–Crippen MR) is 159 cm³/mol. The summed E-state index contributed by atoms with van der Waals surface area (Å²) in [5.41, 5.74) is 4.77. The fourth-order valence-electron chi connectivity index (χ4n) is 6.57. The van der Waals surface area contributed by atoms with Crippen LogP contribution in [-0.2, 0) is 14.4 Å². The molecule has 3 aliphatic rings. The van der Waals surface area contributed by atoms with Gasteiger partial charge in [0.15, 0.2) is 18.2 Å². The van der Waals surface area contributed by atoms with E-state index in [4.69, 9.17) is 9.47 Å². The number of Topliss-reactive ketones (excluding diaryl/α,β-unsaturated/α-hetero) is 2. The minimum absolute atomic E-state index is 0.106. The third kappa shape index (κ3) is 5.81. The van der Waals surface area contributed by atoms with Crippen molar-refractivity contribution in [3.63, 3.8) is 0 Å². The third-order valence-electron chi connectivity index (χ3n) is 8.27. The van der Waals surface area contributed by atoms with Crippen molar-refractivity contribution in [3.8, 4) is 11.5 Å². The van der Waals surface area contributed by atoms with Crippen molar-refractivity contribution in [1.82, 2.24) is 4.90 Å². The number of ketones is 2. The van der Waals surface area contributed by atoms with Crippen LogP contribution in [0.25, 0.3) is 0 Å². The van der Waals surface area contributed by atoms with Crippen LogP contribution < -0.4 is 14.8 Å². The number of anilines is 1. The molecule has 0 saturated carbocycles. The lowest BCUT2D eigenvalue weighted by atomic mass is 9.63. The van der Waals surface area contributed by atoms with Crippen LogP contribution in [0.4, 0.5) is 5.69 Å². The van der Waals surface area contributed by atoms with Crippen LogP contribution in [0.3, 0.4) is 0 Å². The van der Waals surface area contributed by atoms with Gasteiger partial charge in [-0.05, 0) is 72.6 Å². The molecule has 7 nitrogen and oxygen atoms in total. The molecular formula is C34H40N2O5. The first-order chi connectivity index (χ1) is 19.4. The molecule has 41 heavy (non-hydrogen) atoms. The van der Waals surface area contributed by atoms with Gasteiger partial charge in [-0.1, -0.05) is 39.8 Å². The van der Waals surface area contributed by atoms with Crippen molar-refractivity contribution in [1.29, 1.82) is 0 Å². The Morgan fingerprint density at radius 1 is 0.878 bits per heavy atom. The summed E-state index contributed by atoms with van der Waals surface area (Å²) >= 11 is 0. The molecule has 7 heteroatoms. The van der Waals surface area contributed by atoms with Gasteiger partial charge in [0.1, 0.15) is 11.5 Å². The van der Waals surface area contributed by atoms with Crippen molar-refractivity contribution in [2.45, 2.75) is 66.2 Å². The highest BCUT2D eigenvalue weighted by molar-refractivity contribution is 6.06. The summed E-state index contributed by atoms with van der Waals surface area (Å²) in [6.45, 7) is 11.2. The van der Waals surface area contributed by atoms with E-state index in [1.165, 1.54) is 0 Å². The number of carbonyl (C=O) groups is 3. The smallest absolute Gasteiger partial charge is 0.262 e. The molecule has 5 rings (SSSR count). The Morgan fingerprint density at radius 2 is 1.46 bits per heavy atom. The molecule has 1 N–H and O–H groups in total. The highest BCUT2D eigenvalue weighted by Crippen LogP contribution is 2.54. The van der Waals surface area contributed by atoms with E-state index in [9.17, 15) is 14.4 Å². The second-order valence-electron chi connectivity index (χ2n) is 12.9. The van der Waals surface area contributed by atoms with Gasteiger partial charge in [-0.3, -0.25) is 14.4 Å². The van der Waals surface area contributed by atoms with Gasteiger partial charge >= 0.3 is 0 Å². The first-order valence-electron chi connectivity index (χ1n) is 14.4. The van der Waals surface area contributed by atoms with Gasteiger partial charge in [0.2, 0.25) is 0 Å². The molecule has 0 aromatic heterocycles. The molecule has 0 bridgehead atoms. The summed E-state index contributed by atoms with van der Waals surface area (Å²) in [4.78, 5) is 42.5. The van der Waals surface area contributed by atoms with Crippen LogP contribution in [-0.4, -0.2) is 42.6 Å². The number of rotatable bonds is 7. The van der Waals surface area contributed by atoms with Crippen LogP contribution in [0.1, 0.15) is 71.8 Å². The fraction of sp³-hybridized carbons (Fsp3) is 0.441. The maximum atomic E-state index is 13.8. The van der Waals surface area contributed by atoms with Crippen LogP contribution >= 0.6 is 0 Å². The number of hydrogen-bond donors (Lipinski definition) is 1. The molecule has 2 aromatic carbocycles. The average molecular weight is 557 g/mol. The molecule has 0 radical (unpaired) electrons. The van der Waals surface area contributed by atoms with Gasteiger partial charge in [0.05, 0.1) is 7.11 Å². The van der Waals surface area contributed by atoms with Crippen LogP contribution in [0.2, 0.25) is 0 Å². The van der Waals surface area contributed by atoms with E-state index in [0.29, 0.717) is 36.6 Å². The Morgan fingerprint density at radius 3 is 2.00 bits per heavy atom. The quantitative estimate of drug-likeness (QED) is 0.424. The van der Waals surface area contributed by atoms with E-state index >= 15 is 0 Å². The molecule has 0 unspecified atom stereocenters. The summed E-state index contributed by atoms with van der Waals surface area (Å²) < 4.78 is 11.1. The minimum atomic E-state index is -0.438. The molecule has 0 saturated heterocycles. The standard InChI is InChI=1S/C34H40N2O5/c1-7-36-25-16-33(2,3)18-27(37)31(25)30(32-26(36)17-34(4,5)19-28(32)38)21-9-8-10-24(15-21)41-20-29(39)35-22-11-13-23(40-6)14-12-22/h8-15,30H,7,16-20H2,1-6H3,(H,35,39). The molecule has 1 amide bonds. The van der Waals surface area contributed by atoms with Crippen LogP contribution in [0.5, 0.6) is 11.5 Å². The maximum absolute atomic E-state index is 13.8. The zero-order valence-corrected chi connectivity index (χ0v) is 24.9. The largest absolute Gasteiger partial charge is 0.497 e. The van der Waals surface area contributed by atoms with Gasteiger partial charge in [0, 0.05) is 53.5 Å². The van der Waals surface area contributed by atoms with E-state index in [-0.39, 0.29) is 34.9 Å². The van der Waals surface area contributed by atoms with E-state index in [0.717, 1.165) is 40.9 Å². The molecule has 1 heterocycles. The Hall–Kier alpha value is -3.87. The summed E-state index contributed by atoms with van der Waals surface area (Å²) in [5.74, 6) is 0.704. The Balaban J connectivity index is 1.47. The molecule has 2 aromatic rings. The SMILES string of the molecule is CCN1C2=C(C(=O)CC(C)(C)C2)C(c2cccc(OCC(=O)Nc3ccc(OC)cc3)c2)C2=C1CC(C)(C)CC2=O. The number of nitrogens with one attached hydrogen (secondary N) is 1. The number of allylic oxidation sites excluding steroid dienone is 4. The van der Waals surface area contributed by atoms with Crippen LogP contribution in [0, 0.1) is 10.8 Å². The van der Waals surface area contributed by atoms with Crippen molar-refractivity contribution in [2.75, 3.05) is 25.6 Å². The lowest BCUT2D eigenvalue weighted by Gasteiger charge is -2.48. The summed E-state index contributed by atoms with van der Waals surface area (Å²) in [6, 6.07) is 14.6. The van der Waals surface area contributed by atoms with Crippen LogP contribution in [0.15, 0.2) is 71.1 Å². The Bertz CT molecular complexity index is 1390. The molecule has 2 aliphatic carbocycles. The predicted octanol–water partition coefficient (Wildman–Crippen LogP) is 6.42. The molecule has 1 aliphatic heterocycles. The van der Waals surface area contributed by atoms with E-state index in [1.54, 1.807) is 37.4 Å². The van der Waals surface area contributed by atoms with Gasteiger partial charge in [-0.2, -0.15) is 0 Å². The topological polar surface area (TPSA) is 84.9 Å².